The molecule has 0 aliphatic carbocycles. The van der Waals surface area contributed by atoms with E-state index in [-0.39, 0.29) is 22.5 Å². The van der Waals surface area contributed by atoms with Crippen molar-refractivity contribution in [2.24, 2.45) is 0 Å². The molecular weight excluding hydrogens is 428 g/mol. The van der Waals surface area contributed by atoms with E-state index >= 15 is 0 Å². The number of rotatable bonds is 4. The number of hydrogen-bond donors (Lipinski definition) is 1. The van der Waals surface area contributed by atoms with Crippen molar-refractivity contribution in [1.29, 1.82) is 0 Å². The van der Waals surface area contributed by atoms with Gasteiger partial charge in [0, 0.05) is 43.4 Å². The highest BCUT2D eigenvalue weighted by molar-refractivity contribution is 5.95. The zero-order chi connectivity index (χ0) is 23.7. The van der Waals surface area contributed by atoms with Gasteiger partial charge in [-0.25, -0.2) is 0 Å². The Morgan fingerprint density at radius 3 is 2.26 bits per heavy atom. The number of piperazine rings is 1. The Morgan fingerprint density at radius 2 is 1.59 bits per heavy atom. The lowest BCUT2D eigenvalue weighted by atomic mass is 10.0. The molecule has 3 aromatic carbocycles. The number of benzene rings is 3. The SMILES string of the molecule is CCN1CCN(C(=O)c2ccc(-c3cc(O)c4c(=O)cc(-c5ccccc5)oc4c3)cc2)CC1. The summed E-state index contributed by atoms with van der Waals surface area (Å²) in [5.41, 5.74) is 2.96. The minimum atomic E-state index is -0.298. The molecule has 0 unspecified atom stereocenters. The van der Waals surface area contributed by atoms with E-state index in [9.17, 15) is 14.7 Å². The van der Waals surface area contributed by atoms with E-state index in [0.717, 1.165) is 43.9 Å². The third-order valence-corrected chi connectivity index (χ3v) is 6.44. The van der Waals surface area contributed by atoms with Gasteiger partial charge in [-0.15, -0.1) is 0 Å². The molecule has 1 aromatic heterocycles. The quantitative estimate of drug-likeness (QED) is 0.488. The van der Waals surface area contributed by atoms with Crippen LogP contribution >= 0.6 is 0 Å². The minimum absolute atomic E-state index is 0.0298. The van der Waals surface area contributed by atoms with Gasteiger partial charge in [0.05, 0.1) is 0 Å². The van der Waals surface area contributed by atoms with Gasteiger partial charge in [0.1, 0.15) is 22.5 Å². The van der Waals surface area contributed by atoms with Crippen LogP contribution in [0, 0.1) is 0 Å². The van der Waals surface area contributed by atoms with Crippen LogP contribution < -0.4 is 5.43 Å². The molecule has 4 aromatic rings. The molecule has 1 amide bonds. The van der Waals surface area contributed by atoms with Crippen molar-refractivity contribution < 1.29 is 14.3 Å². The van der Waals surface area contributed by atoms with Gasteiger partial charge in [-0.05, 0) is 41.9 Å². The van der Waals surface area contributed by atoms with Gasteiger partial charge in [0.25, 0.3) is 5.91 Å². The fraction of sp³-hybridized carbons (Fsp3) is 0.214. The fourth-order valence-corrected chi connectivity index (χ4v) is 4.43. The predicted molar refractivity (Wildman–Crippen MR) is 133 cm³/mol. The van der Waals surface area contributed by atoms with Crippen LogP contribution in [0.3, 0.4) is 0 Å². The third kappa shape index (κ3) is 4.20. The maximum atomic E-state index is 12.9. The van der Waals surface area contributed by atoms with Gasteiger partial charge in [-0.3, -0.25) is 9.59 Å². The average Bonchev–Trinajstić information content (AvgIpc) is 2.88. The zero-order valence-corrected chi connectivity index (χ0v) is 19.0. The molecule has 0 saturated carbocycles. The molecule has 6 heteroatoms. The number of fused-ring (bicyclic) bond motifs is 1. The summed E-state index contributed by atoms with van der Waals surface area (Å²) < 4.78 is 6.01. The normalized spacial score (nSPS) is 14.4. The second-order valence-corrected chi connectivity index (χ2v) is 8.51. The van der Waals surface area contributed by atoms with E-state index in [0.29, 0.717) is 22.5 Å². The Bertz CT molecular complexity index is 1390. The van der Waals surface area contributed by atoms with Crippen molar-refractivity contribution in [3.05, 3.63) is 88.6 Å². The summed E-state index contributed by atoms with van der Waals surface area (Å²) in [5.74, 6) is 0.343. The Labute approximate surface area is 197 Å². The smallest absolute Gasteiger partial charge is 0.253 e. The van der Waals surface area contributed by atoms with E-state index in [2.05, 4.69) is 11.8 Å². The summed E-state index contributed by atoms with van der Waals surface area (Å²) in [6.45, 7) is 6.39. The molecule has 172 valence electrons. The fourth-order valence-electron chi connectivity index (χ4n) is 4.43. The van der Waals surface area contributed by atoms with E-state index in [1.165, 1.54) is 6.07 Å². The lowest BCUT2D eigenvalue weighted by Crippen LogP contribution is -2.48. The van der Waals surface area contributed by atoms with Gasteiger partial charge in [-0.2, -0.15) is 0 Å². The molecule has 1 aliphatic rings. The molecule has 34 heavy (non-hydrogen) atoms. The molecule has 2 heterocycles. The molecule has 0 atom stereocenters. The summed E-state index contributed by atoms with van der Waals surface area (Å²) in [7, 11) is 0. The topological polar surface area (TPSA) is 74.0 Å². The molecule has 1 fully saturated rings. The lowest BCUT2D eigenvalue weighted by Gasteiger charge is -2.34. The molecule has 6 nitrogen and oxygen atoms in total. The van der Waals surface area contributed by atoms with Gasteiger partial charge in [0.15, 0.2) is 5.43 Å². The number of phenols is 1. The number of likely N-dealkylation sites (N-methyl/N-ethyl adjacent to an activating group) is 1. The number of nitrogens with zero attached hydrogens (tertiary/aromatic N) is 2. The summed E-state index contributed by atoms with van der Waals surface area (Å²) >= 11 is 0. The van der Waals surface area contributed by atoms with Crippen LogP contribution in [0.25, 0.3) is 33.4 Å². The maximum Gasteiger partial charge on any atom is 0.253 e. The zero-order valence-electron chi connectivity index (χ0n) is 19.0. The molecule has 0 spiro atoms. The second-order valence-electron chi connectivity index (χ2n) is 8.51. The number of amides is 1. The highest BCUT2D eigenvalue weighted by Gasteiger charge is 2.21. The molecular formula is C28H26N2O4. The predicted octanol–water partition coefficient (Wildman–Crippen LogP) is 4.61. The van der Waals surface area contributed by atoms with Gasteiger partial charge < -0.3 is 19.3 Å². The van der Waals surface area contributed by atoms with E-state index < -0.39 is 0 Å². The van der Waals surface area contributed by atoms with E-state index in [1.807, 2.05) is 59.5 Å². The van der Waals surface area contributed by atoms with Gasteiger partial charge in [-0.1, -0.05) is 49.4 Å². The number of hydrogen-bond acceptors (Lipinski definition) is 5. The first kappa shape index (κ1) is 21.9. The second kappa shape index (κ2) is 9.15. The summed E-state index contributed by atoms with van der Waals surface area (Å²) in [4.78, 5) is 29.8. The van der Waals surface area contributed by atoms with Crippen LogP contribution in [-0.2, 0) is 0 Å². The van der Waals surface area contributed by atoms with Crippen molar-refractivity contribution in [3.8, 4) is 28.2 Å². The average molecular weight is 455 g/mol. The van der Waals surface area contributed by atoms with Crippen LogP contribution in [-0.4, -0.2) is 53.5 Å². The van der Waals surface area contributed by atoms with Crippen LogP contribution in [0.4, 0.5) is 0 Å². The van der Waals surface area contributed by atoms with Crippen LogP contribution in [0.2, 0.25) is 0 Å². The van der Waals surface area contributed by atoms with Gasteiger partial charge in [0.2, 0.25) is 0 Å². The van der Waals surface area contributed by atoms with Crippen molar-refractivity contribution in [2.75, 3.05) is 32.7 Å². The number of phenolic OH excluding ortho intramolecular Hbond substituents is 1. The highest BCUT2D eigenvalue weighted by Crippen LogP contribution is 2.32. The molecule has 5 rings (SSSR count). The first-order valence-corrected chi connectivity index (χ1v) is 11.5. The number of carbonyl (C=O) groups excluding carboxylic acids is 1. The Kier molecular flexibility index (Phi) is 5.90. The summed E-state index contributed by atoms with van der Waals surface area (Å²) in [6.07, 6.45) is 0. The molecule has 1 aliphatic heterocycles. The maximum absolute atomic E-state index is 12.9. The van der Waals surface area contributed by atoms with Crippen molar-refractivity contribution >= 4 is 16.9 Å². The standard InChI is InChI=1S/C28H26N2O4/c1-2-29-12-14-30(15-13-29)28(33)21-10-8-19(9-11-21)22-16-23(31)27-24(32)18-25(34-26(27)17-22)20-6-4-3-5-7-20/h3-11,16-18,31H,2,12-15H2,1H3. The summed E-state index contributed by atoms with van der Waals surface area (Å²) in [6, 6.07) is 21.4. The Morgan fingerprint density at radius 1 is 0.882 bits per heavy atom. The lowest BCUT2D eigenvalue weighted by molar-refractivity contribution is 0.0643. The van der Waals surface area contributed by atoms with E-state index in [4.69, 9.17) is 4.42 Å². The summed E-state index contributed by atoms with van der Waals surface area (Å²) in [5, 5.41) is 10.7. The first-order chi connectivity index (χ1) is 16.5. The van der Waals surface area contributed by atoms with Crippen LogP contribution in [0.15, 0.2) is 82.0 Å². The molecule has 1 saturated heterocycles. The van der Waals surface area contributed by atoms with Crippen LogP contribution in [0.5, 0.6) is 5.75 Å². The van der Waals surface area contributed by atoms with Gasteiger partial charge >= 0.3 is 0 Å². The third-order valence-electron chi connectivity index (χ3n) is 6.44. The number of aromatic hydroxyl groups is 1. The van der Waals surface area contributed by atoms with Crippen LogP contribution in [0.1, 0.15) is 17.3 Å². The highest BCUT2D eigenvalue weighted by atomic mass is 16.3. The largest absolute Gasteiger partial charge is 0.507 e. The molecule has 0 radical (unpaired) electrons. The van der Waals surface area contributed by atoms with Crippen molar-refractivity contribution in [1.82, 2.24) is 9.80 Å². The monoisotopic (exact) mass is 454 g/mol. The van der Waals surface area contributed by atoms with Crippen molar-refractivity contribution in [2.45, 2.75) is 6.92 Å². The Hall–Kier alpha value is -3.90. The minimum Gasteiger partial charge on any atom is -0.507 e. The Balaban J connectivity index is 1.45. The van der Waals surface area contributed by atoms with E-state index in [1.54, 1.807) is 12.1 Å². The first-order valence-electron chi connectivity index (χ1n) is 11.5. The van der Waals surface area contributed by atoms with Crippen molar-refractivity contribution in [3.63, 3.8) is 0 Å². The molecule has 1 N–H and O–H groups in total. The molecule has 0 bridgehead atoms. The number of carbonyl (C=O) groups is 1.